The number of rotatable bonds is 2. The summed E-state index contributed by atoms with van der Waals surface area (Å²) in [7, 11) is 0.771. The van der Waals surface area contributed by atoms with Crippen LogP contribution in [0.15, 0.2) is 24.3 Å². The van der Waals surface area contributed by atoms with Crippen LogP contribution in [0.25, 0.3) is 0 Å². The van der Waals surface area contributed by atoms with Gasteiger partial charge in [0.2, 0.25) is 10.5 Å². The normalized spacial score (nSPS) is 10.5. The van der Waals surface area contributed by atoms with Gasteiger partial charge < -0.3 is 4.43 Å². The summed E-state index contributed by atoms with van der Waals surface area (Å²) < 4.78 is 5.35. The van der Waals surface area contributed by atoms with E-state index in [2.05, 4.69) is 26.0 Å². The van der Waals surface area contributed by atoms with E-state index in [1.165, 1.54) is 5.56 Å². The smallest absolute Gasteiger partial charge is 0.204 e. The van der Waals surface area contributed by atoms with Crippen molar-refractivity contribution < 1.29 is 4.43 Å². The average Bonchev–Trinajstić information content (AvgIpc) is 2.04. The van der Waals surface area contributed by atoms with Crippen LogP contribution < -0.4 is 4.43 Å². The Morgan fingerprint density at radius 2 is 1.91 bits per heavy atom. The minimum absolute atomic E-state index is 0.556. The highest BCUT2D eigenvalue weighted by Crippen LogP contribution is 2.24. The van der Waals surface area contributed by atoms with Crippen molar-refractivity contribution in [1.29, 1.82) is 0 Å². The molecule has 60 valence electrons. The van der Waals surface area contributed by atoms with Crippen molar-refractivity contribution in [3.8, 4) is 5.75 Å². The van der Waals surface area contributed by atoms with Crippen molar-refractivity contribution in [3.63, 3.8) is 0 Å². The van der Waals surface area contributed by atoms with Crippen LogP contribution in [0.2, 0.25) is 0 Å². The highest BCUT2D eigenvalue weighted by molar-refractivity contribution is 6.00. The van der Waals surface area contributed by atoms with Gasteiger partial charge in [0.15, 0.2) is 0 Å². The molecule has 11 heavy (non-hydrogen) atoms. The fraction of sp³-hybridized carbons (Fsp3) is 0.333. The minimum Gasteiger partial charge on any atom is -0.553 e. The van der Waals surface area contributed by atoms with E-state index in [-0.39, 0.29) is 0 Å². The van der Waals surface area contributed by atoms with E-state index in [0.29, 0.717) is 5.92 Å². The Hall–Kier alpha value is -0.763. The predicted molar refractivity (Wildman–Crippen MR) is 51.1 cm³/mol. The molecule has 0 amide bonds. The third kappa shape index (κ3) is 1.83. The lowest BCUT2D eigenvalue weighted by Crippen LogP contribution is -1.93. The third-order valence-electron chi connectivity index (χ3n) is 1.76. The van der Waals surface area contributed by atoms with Gasteiger partial charge in [-0.25, -0.2) is 0 Å². The highest BCUT2D eigenvalue weighted by Gasteiger charge is 2.03. The second kappa shape index (κ2) is 3.58. The molecule has 0 aliphatic carbocycles. The van der Waals surface area contributed by atoms with Crippen LogP contribution in [0.5, 0.6) is 5.75 Å². The fourth-order valence-corrected chi connectivity index (χ4v) is 1.52. The molecule has 1 rings (SSSR count). The van der Waals surface area contributed by atoms with Gasteiger partial charge in [0.05, 0.1) is 0 Å². The molecular weight excluding hydrogens is 152 g/mol. The molecule has 0 heterocycles. The van der Waals surface area contributed by atoms with E-state index >= 15 is 0 Å². The molecular formula is C9H14OSi. The second-order valence-corrected chi connectivity index (χ2v) is 3.30. The second-order valence-electron chi connectivity index (χ2n) is 2.90. The number of para-hydroxylation sites is 1. The summed E-state index contributed by atoms with van der Waals surface area (Å²) in [5, 5.41) is 0. The van der Waals surface area contributed by atoms with E-state index in [9.17, 15) is 0 Å². The lowest BCUT2D eigenvalue weighted by molar-refractivity contribution is 0.597. The zero-order valence-corrected chi connectivity index (χ0v) is 9.29. The summed E-state index contributed by atoms with van der Waals surface area (Å²) >= 11 is 0. The van der Waals surface area contributed by atoms with Crippen molar-refractivity contribution in [1.82, 2.24) is 0 Å². The van der Waals surface area contributed by atoms with E-state index in [1.807, 2.05) is 12.1 Å². The zero-order chi connectivity index (χ0) is 8.27. The Kier molecular flexibility index (Phi) is 2.71. The maximum atomic E-state index is 5.35. The van der Waals surface area contributed by atoms with Crippen molar-refractivity contribution in [2.24, 2.45) is 0 Å². The van der Waals surface area contributed by atoms with E-state index in [0.717, 1.165) is 16.2 Å². The minimum atomic E-state index is 0.556. The van der Waals surface area contributed by atoms with E-state index in [4.69, 9.17) is 4.43 Å². The lowest BCUT2D eigenvalue weighted by Gasteiger charge is -2.10. The number of hydrogen-bond donors (Lipinski definition) is 0. The Morgan fingerprint density at radius 1 is 1.27 bits per heavy atom. The summed E-state index contributed by atoms with van der Waals surface area (Å²) in [5.74, 6) is 1.61. The molecule has 0 spiro atoms. The Labute approximate surface area is 70.9 Å². The topological polar surface area (TPSA) is 9.23 Å². The SMILES string of the molecule is CC(C)c1ccccc1O[SiH3]. The van der Waals surface area contributed by atoms with Gasteiger partial charge in [0, 0.05) is 0 Å². The molecule has 0 aromatic heterocycles. The summed E-state index contributed by atoms with van der Waals surface area (Å²) in [6.45, 7) is 4.36. The molecule has 1 nitrogen and oxygen atoms in total. The maximum absolute atomic E-state index is 5.35. The summed E-state index contributed by atoms with van der Waals surface area (Å²) in [5.41, 5.74) is 1.31. The Bertz CT molecular complexity index is 233. The first-order valence-corrected chi connectivity index (χ1v) is 4.70. The summed E-state index contributed by atoms with van der Waals surface area (Å²) in [6, 6.07) is 8.22. The predicted octanol–water partition coefficient (Wildman–Crippen LogP) is 1.47. The Balaban J connectivity index is 3.02. The van der Waals surface area contributed by atoms with Crippen LogP contribution in [0.4, 0.5) is 0 Å². The molecule has 0 aliphatic rings. The molecule has 0 atom stereocenters. The number of hydrogen-bond acceptors (Lipinski definition) is 1. The van der Waals surface area contributed by atoms with Gasteiger partial charge in [-0.3, -0.25) is 0 Å². The average molecular weight is 166 g/mol. The zero-order valence-electron chi connectivity index (χ0n) is 7.29. The molecule has 0 unspecified atom stereocenters. The molecule has 0 bridgehead atoms. The van der Waals surface area contributed by atoms with Gasteiger partial charge in [0.1, 0.15) is 5.75 Å². The van der Waals surface area contributed by atoms with Crippen LogP contribution in [0, 0.1) is 0 Å². The maximum Gasteiger partial charge on any atom is 0.204 e. The van der Waals surface area contributed by atoms with Gasteiger partial charge in [-0.2, -0.15) is 0 Å². The van der Waals surface area contributed by atoms with Gasteiger partial charge in [-0.15, -0.1) is 0 Å². The van der Waals surface area contributed by atoms with Crippen molar-refractivity contribution in [3.05, 3.63) is 29.8 Å². The highest BCUT2D eigenvalue weighted by atomic mass is 28.2. The summed E-state index contributed by atoms with van der Waals surface area (Å²) in [4.78, 5) is 0. The molecule has 0 saturated heterocycles. The fourth-order valence-electron chi connectivity index (χ4n) is 1.14. The molecule has 1 aromatic rings. The first kappa shape index (κ1) is 8.33. The Morgan fingerprint density at radius 3 is 2.36 bits per heavy atom. The lowest BCUT2D eigenvalue weighted by atomic mass is 10.0. The van der Waals surface area contributed by atoms with Crippen LogP contribution in [-0.2, 0) is 0 Å². The molecule has 0 radical (unpaired) electrons. The van der Waals surface area contributed by atoms with E-state index in [1.54, 1.807) is 0 Å². The molecule has 0 aliphatic heterocycles. The van der Waals surface area contributed by atoms with Gasteiger partial charge >= 0.3 is 0 Å². The van der Waals surface area contributed by atoms with Gasteiger partial charge in [-0.05, 0) is 17.5 Å². The van der Waals surface area contributed by atoms with Gasteiger partial charge in [0.25, 0.3) is 0 Å². The standard InChI is InChI=1S/C9H14OSi/c1-7(2)8-5-3-4-6-9(8)10-11/h3-7H,1-2,11H3. The van der Waals surface area contributed by atoms with Gasteiger partial charge in [-0.1, -0.05) is 32.0 Å². The van der Waals surface area contributed by atoms with Crippen molar-refractivity contribution >= 4 is 10.5 Å². The number of benzene rings is 1. The first-order valence-electron chi connectivity index (χ1n) is 3.88. The molecule has 0 N–H and O–H groups in total. The first-order chi connectivity index (χ1) is 5.25. The third-order valence-corrected chi connectivity index (χ3v) is 2.20. The van der Waals surface area contributed by atoms with Crippen LogP contribution in [0.3, 0.4) is 0 Å². The van der Waals surface area contributed by atoms with Crippen molar-refractivity contribution in [2.75, 3.05) is 0 Å². The van der Waals surface area contributed by atoms with Crippen LogP contribution in [-0.4, -0.2) is 10.5 Å². The quantitative estimate of drug-likeness (QED) is 0.605. The largest absolute Gasteiger partial charge is 0.553 e. The molecule has 0 fully saturated rings. The van der Waals surface area contributed by atoms with E-state index < -0.39 is 0 Å². The van der Waals surface area contributed by atoms with Crippen molar-refractivity contribution in [2.45, 2.75) is 19.8 Å². The van der Waals surface area contributed by atoms with Crippen LogP contribution in [0.1, 0.15) is 25.3 Å². The molecule has 0 saturated carbocycles. The molecule has 1 aromatic carbocycles. The molecule has 2 heteroatoms. The van der Waals surface area contributed by atoms with Crippen LogP contribution >= 0.6 is 0 Å². The monoisotopic (exact) mass is 166 g/mol. The summed E-state index contributed by atoms with van der Waals surface area (Å²) in [6.07, 6.45) is 0.